The minimum atomic E-state index is -0.593. The van der Waals surface area contributed by atoms with Crippen LogP contribution in [-0.2, 0) is 10.2 Å². The maximum absolute atomic E-state index is 15.1. The van der Waals surface area contributed by atoms with Gasteiger partial charge in [-0.25, -0.2) is 9.37 Å². The van der Waals surface area contributed by atoms with Gasteiger partial charge >= 0.3 is 0 Å². The Labute approximate surface area is 188 Å². The lowest BCUT2D eigenvalue weighted by atomic mass is 9.59. The summed E-state index contributed by atoms with van der Waals surface area (Å²) >= 11 is 0. The Morgan fingerprint density at radius 1 is 1.41 bits per heavy atom. The zero-order chi connectivity index (χ0) is 22.9. The van der Waals surface area contributed by atoms with Crippen LogP contribution >= 0.6 is 0 Å². The van der Waals surface area contributed by atoms with Crippen LogP contribution in [0.15, 0.2) is 12.4 Å². The van der Waals surface area contributed by atoms with Gasteiger partial charge in [0, 0.05) is 30.1 Å². The van der Waals surface area contributed by atoms with Gasteiger partial charge in [0.15, 0.2) is 11.6 Å². The molecule has 4 aliphatic rings. The normalized spacial score (nSPS) is 31.6. The van der Waals surface area contributed by atoms with Crippen molar-refractivity contribution in [3.05, 3.63) is 23.8 Å². The number of pyridine rings is 1. The highest BCUT2D eigenvalue weighted by Gasteiger charge is 2.57. The summed E-state index contributed by atoms with van der Waals surface area (Å²) in [6, 6.07) is 2.96. The van der Waals surface area contributed by atoms with Gasteiger partial charge in [-0.3, -0.25) is 4.79 Å². The summed E-state index contributed by atoms with van der Waals surface area (Å²) < 4.78 is 20.2. The minimum absolute atomic E-state index is 0.0943. The molecule has 2 aliphatic carbocycles. The topological polar surface area (TPSA) is 82.0 Å². The van der Waals surface area contributed by atoms with E-state index in [9.17, 15) is 10.1 Å². The van der Waals surface area contributed by atoms with Gasteiger partial charge in [-0.15, -0.1) is 0 Å². The van der Waals surface area contributed by atoms with Crippen molar-refractivity contribution in [2.75, 3.05) is 7.11 Å². The predicted molar refractivity (Wildman–Crippen MR) is 119 cm³/mol. The first kappa shape index (κ1) is 21.2. The van der Waals surface area contributed by atoms with Crippen LogP contribution in [0.25, 0.3) is 11.0 Å². The molecule has 2 saturated heterocycles. The van der Waals surface area contributed by atoms with E-state index in [4.69, 9.17) is 4.74 Å². The standard InChI is InChI=1S/C25H31FN4O2/c1-23(2,17-11-28-22-20(17)21(26)18(32-4)12-29-22)10-19(31)30-15-5-6-25(14-27)9-16(30)8-24(3,7-15)13-25/h11-12,15-16H,5-10,13H2,1-4H3,(H,28,29). The van der Waals surface area contributed by atoms with Crippen LogP contribution in [0.4, 0.5) is 4.39 Å². The van der Waals surface area contributed by atoms with Crippen molar-refractivity contribution in [3.8, 4) is 11.8 Å². The Morgan fingerprint density at radius 2 is 2.16 bits per heavy atom. The summed E-state index contributed by atoms with van der Waals surface area (Å²) in [7, 11) is 1.42. The van der Waals surface area contributed by atoms with Crippen molar-refractivity contribution in [1.29, 1.82) is 5.26 Å². The molecule has 2 aromatic rings. The second-order valence-electron chi connectivity index (χ2n) is 11.3. The predicted octanol–water partition coefficient (Wildman–Crippen LogP) is 4.84. The fourth-order valence-corrected chi connectivity index (χ4v) is 7.07. The first-order chi connectivity index (χ1) is 15.1. The molecule has 2 aromatic heterocycles. The molecule has 170 valence electrons. The van der Waals surface area contributed by atoms with E-state index < -0.39 is 11.2 Å². The number of aromatic amines is 1. The molecule has 1 amide bonds. The van der Waals surface area contributed by atoms with E-state index in [1.54, 1.807) is 6.20 Å². The molecule has 4 heterocycles. The number of rotatable bonds is 4. The number of nitriles is 1. The number of carbonyl (C=O) groups is 1. The number of carbonyl (C=O) groups excluding carboxylic acids is 1. The summed E-state index contributed by atoms with van der Waals surface area (Å²) in [6.07, 6.45) is 8.87. The number of halogens is 1. The number of piperidine rings is 1. The van der Waals surface area contributed by atoms with Crippen LogP contribution < -0.4 is 4.74 Å². The molecule has 4 atom stereocenters. The van der Waals surface area contributed by atoms with Crippen LogP contribution in [0.2, 0.25) is 0 Å². The summed E-state index contributed by atoms with van der Waals surface area (Å²) in [4.78, 5) is 23.2. The van der Waals surface area contributed by atoms with Crippen LogP contribution in [0.3, 0.4) is 0 Å². The van der Waals surface area contributed by atoms with Crippen molar-refractivity contribution in [2.24, 2.45) is 10.8 Å². The molecule has 2 saturated carbocycles. The molecular weight excluding hydrogens is 407 g/mol. The third-order valence-corrected chi connectivity index (χ3v) is 8.26. The van der Waals surface area contributed by atoms with Crippen LogP contribution in [-0.4, -0.2) is 40.0 Å². The van der Waals surface area contributed by atoms with E-state index in [0.29, 0.717) is 11.0 Å². The van der Waals surface area contributed by atoms with Crippen LogP contribution in [0, 0.1) is 28.0 Å². The van der Waals surface area contributed by atoms with Crippen LogP contribution in [0.1, 0.15) is 71.3 Å². The molecule has 6 rings (SSSR count). The lowest BCUT2D eigenvalue weighted by molar-refractivity contribution is -0.145. The van der Waals surface area contributed by atoms with E-state index >= 15 is 4.39 Å². The van der Waals surface area contributed by atoms with Gasteiger partial charge in [0.25, 0.3) is 0 Å². The summed E-state index contributed by atoms with van der Waals surface area (Å²) in [5.74, 6) is -0.255. The van der Waals surface area contributed by atoms with Crippen molar-refractivity contribution in [3.63, 3.8) is 0 Å². The third-order valence-electron chi connectivity index (χ3n) is 8.26. The van der Waals surface area contributed by atoms with E-state index in [1.165, 1.54) is 13.3 Å². The Bertz CT molecular complexity index is 1130. The molecule has 32 heavy (non-hydrogen) atoms. The Kier molecular flexibility index (Phi) is 4.60. The molecule has 1 N–H and O–H groups in total. The van der Waals surface area contributed by atoms with Crippen LogP contribution in [0.5, 0.6) is 5.75 Å². The van der Waals surface area contributed by atoms with Gasteiger partial charge in [-0.2, -0.15) is 5.26 Å². The molecule has 7 heteroatoms. The van der Waals surface area contributed by atoms with Gasteiger partial charge in [-0.05, 0) is 49.5 Å². The van der Waals surface area contributed by atoms with Gasteiger partial charge in [0.1, 0.15) is 5.65 Å². The van der Waals surface area contributed by atoms with Crippen molar-refractivity contribution < 1.29 is 13.9 Å². The maximum Gasteiger partial charge on any atom is 0.223 e. The molecule has 2 aliphatic heterocycles. The number of hydrogen-bond acceptors (Lipinski definition) is 4. The Hall–Kier alpha value is -2.62. The molecule has 4 bridgehead atoms. The monoisotopic (exact) mass is 438 g/mol. The molecule has 0 radical (unpaired) electrons. The quantitative estimate of drug-likeness (QED) is 0.740. The van der Waals surface area contributed by atoms with E-state index in [-0.39, 0.29) is 41.0 Å². The SMILES string of the molecule is COc1cnc2[nH]cc(C(C)(C)CC(=O)N3C4CCC5(C#N)CC3CC(C)(C4)C5)c2c1F. The third kappa shape index (κ3) is 3.10. The molecule has 0 aromatic carbocycles. The fraction of sp³-hybridized carbons (Fsp3) is 0.640. The average Bonchev–Trinajstić information content (AvgIpc) is 3.09. The highest BCUT2D eigenvalue weighted by atomic mass is 19.1. The number of ether oxygens (including phenoxy) is 1. The van der Waals surface area contributed by atoms with E-state index in [2.05, 4.69) is 27.9 Å². The second kappa shape index (κ2) is 6.94. The van der Waals surface area contributed by atoms with Gasteiger partial charge in [0.2, 0.25) is 5.91 Å². The lowest BCUT2D eigenvalue weighted by Gasteiger charge is -2.54. The number of nitrogens with one attached hydrogen (secondary N) is 1. The van der Waals surface area contributed by atoms with Crippen molar-refractivity contribution >= 4 is 16.9 Å². The number of fused-ring (bicyclic) bond motifs is 2. The van der Waals surface area contributed by atoms with Crippen molar-refractivity contribution in [2.45, 2.75) is 83.2 Å². The molecule has 6 nitrogen and oxygen atoms in total. The molecule has 4 fully saturated rings. The summed E-state index contributed by atoms with van der Waals surface area (Å²) in [5, 5.41) is 10.4. The van der Waals surface area contributed by atoms with Crippen molar-refractivity contribution in [1.82, 2.24) is 14.9 Å². The van der Waals surface area contributed by atoms with Gasteiger partial charge in [0.05, 0.1) is 30.2 Å². The second-order valence-corrected chi connectivity index (χ2v) is 11.3. The van der Waals surface area contributed by atoms with E-state index in [1.807, 2.05) is 13.8 Å². The first-order valence-electron chi connectivity index (χ1n) is 11.5. The smallest absolute Gasteiger partial charge is 0.223 e. The molecule has 4 unspecified atom stereocenters. The molecular formula is C25H31FN4O2. The first-order valence-corrected chi connectivity index (χ1v) is 11.5. The number of hydrogen-bond donors (Lipinski definition) is 1. The number of methoxy groups -OCH3 is 1. The zero-order valence-corrected chi connectivity index (χ0v) is 19.3. The molecule has 0 spiro atoms. The van der Waals surface area contributed by atoms with E-state index in [0.717, 1.165) is 44.1 Å². The average molecular weight is 439 g/mol. The van der Waals surface area contributed by atoms with Gasteiger partial charge < -0.3 is 14.6 Å². The lowest BCUT2D eigenvalue weighted by Crippen LogP contribution is -2.57. The Balaban J connectivity index is 1.46. The number of aromatic nitrogens is 2. The highest BCUT2D eigenvalue weighted by molar-refractivity contribution is 5.85. The Morgan fingerprint density at radius 3 is 2.88 bits per heavy atom. The highest BCUT2D eigenvalue weighted by Crippen LogP contribution is 2.59. The zero-order valence-electron chi connectivity index (χ0n) is 19.3. The number of amides is 1. The maximum atomic E-state index is 15.1. The minimum Gasteiger partial charge on any atom is -0.492 e. The largest absolute Gasteiger partial charge is 0.492 e. The number of nitrogens with zero attached hydrogens (tertiary/aromatic N) is 3. The summed E-state index contributed by atoms with van der Waals surface area (Å²) in [5.41, 5.74) is 0.445. The fourth-order valence-electron chi connectivity index (χ4n) is 7.07. The number of H-pyrrole nitrogens is 1. The summed E-state index contributed by atoms with van der Waals surface area (Å²) in [6.45, 7) is 6.26. The van der Waals surface area contributed by atoms with Gasteiger partial charge in [-0.1, -0.05) is 20.8 Å².